The third-order valence-corrected chi connectivity index (χ3v) is 6.25. The number of aromatic nitrogens is 3. The number of hydrogen-bond donors (Lipinski definition) is 4. The zero-order valence-corrected chi connectivity index (χ0v) is 20.6. The number of piperidine rings is 1. The lowest BCUT2D eigenvalue weighted by atomic mass is 9.95. The van der Waals surface area contributed by atoms with E-state index >= 15 is 0 Å². The summed E-state index contributed by atoms with van der Waals surface area (Å²) in [5.41, 5.74) is 3.01. The highest BCUT2D eigenvalue weighted by molar-refractivity contribution is 6.04. The number of imidazole rings is 1. The molecule has 2 amide bonds. The van der Waals surface area contributed by atoms with Crippen molar-refractivity contribution in [2.24, 2.45) is 5.92 Å². The number of carbonyl (C=O) groups excluding carboxylic acids is 2. The molecule has 9 nitrogen and oxygen atoms in total. The maximum absolute atomic E-state index is 14.9. The van der Waals surface area contributed by atoms with Crippen LogP contribution in [0.4, 0.5) is 15.8 Å². The molecule has 1 aliphatic rings. The molecule has 10 heteroatoms. The third-order valence-electron chi connectivity index (χ3n) is 6.25. The molecular formula is C26H32FN7O2. The van der Waals surface area contributed by atoms with Gasteiger partial charge in [-0.2, -0.15) is 0 Å². The van der Waals surface area contributed by atoms with Gasteiger partial charge in [-0.1, -0.05) is 13.0 Å². The van der Waals surface area contributed by atoms with Crippen molar-refractivity contribution in [1.82, 2.24) is 25.6 Å². The van der Waals surface area contributed by atoms with E-state index in [9.17, 15) is 14.0 Å². The van der Waals surface area contributed by atoms with Gasteiger partial charge >= 0.3 is 0 Å². The quantitative estimate of drug-likeness (QED) is 0.341. The van der Waals surface area contributed by atoms with E-state index in [0.717, 1.165) is 24.3 Å². The zero-order valence-electron chi connectivity index (χ0n) is 20.6. The lowest BCUT2D eigenvalue weighted by Gasteiger charge is -2.34. The summed E-state index contributed by atoms with van der Waals surface area (Å²) >= 11 is 0. The number of para-hydroxylation sites is 1. The number of aryl methyl sites for hydroxylation is 1. The van der Waals surface area contributed by atoms with Gasteiger partial charge in [0.15, 0.2) is 5.82 Å². The summed E-state index contributed by atoms with van der Waals surface area (Å²) in [4.78, 5) is 38.8. The Labute approximate surface area is 209 Å². The maximum Gasteiger partial charge on any atom is 0.291 e. The molecule has 2 aromatic heterocycles. The van der Waals surface area contributed by atoms with Gasteiger partial charge in [-0.15, -0.1) is 0 Å². The summed E-state index contributed by atoms with van der Waals surface area (Å²) < 4.78 is 14.9. The number of aromatic amines is 1. The highest BCUT2D eigenvalue weighted by Gasteiger charge is 2.28. The van der Waals surface area contributed by atoms with Crippen molar-refractivity contribution in [3.63, 3.8) is 0 Å². The van der Waals surface area contributed by atoms with Crippen molar-refractivity contribution in [2.45, 2.75) is 26.7 Å². The van der Waals surface area contributed by atoms with Gasteiger partial charge < -0.3 is 25.8 Å². The van der Waals surface area contributed by atoms with Crippen molar-refractivity contribution in [2.75, 3.05) is 42.9 Å². The molecule has 0 bridgehead atoms. The molecule has 3 heterocycles. The third kappa shape index (κ3) is 6.06. The molecule has 0 radical (unpaired) electrons. The summed E-state index contributed by atoms with van der Waals surface area (Å²) in [6, 6.07) is 8.32. The Hall–Kier alpha value is -3.79. The first-order valence-electron chi connectivity index (χ1n) is 12.3. The average molecular weight is 494 g/mol. The minimum Gasteiger partial charge on any atom is -0.367 e. The molecule has 0 aliphatic carbocycles. The number of halogens is 1. The van der Waals surface area contributed by atoms with E-state index in [1.54, 1.807) is 24.5 Å². The number of anilines is 2. The normalized spacial score (nSPS) is 14.0. The summed E-state index contributed by atoms with van der Waals surface area (Å²) in [6.07, 6.45) is 4.57. The number of nitrogens with one attached hydrogen (secondary N) is 4. The van der Waals surface area contributed by atoms with Gasteiger partial charge in [-0.05, 0) is 50.6 Å². The van der Waals surface area contributed by atoms with E-state index in [-0.39, 0.29) is 17.6 Å². The first-order valence-corrected chi connectivity index (χ1v) is 12.3. The zero-order chi connectivity index (χ0) is 25.5. The summed E-state index contributed by atoms with van der Waals surface area (Å²) in [6.45, 7) is 7.12. The lowest BCUT2D eigenvalue weighted by molar-refractivity contribution is -0.125. The van der Waals surface area contributed by atoms with Crippen LogP contribution >= 0.6 is 0 Å². The summed E-state index contributed by atoms with van der Waals surface area (Å²) in [7, 11) is 0. The predicted molar refractivity (Wildman–Crippen MR) is 137 cm³/mol. The average Bonchev–Trinajstić information content (AvgIpc) is 3.38. The van der Waals surface area contributed by atoms with Crippen molar-refractivity contribution < 1.29 is 14.0 Å². The van der Waals surface area contributed by atoms with E-state index < -0.39 is 11.7 Å². The van der Waals surface area contributed by atoms with Crippen LogP contribution in [0.5, 0.6) is 0 Å². The monoisotopic (exact) mass is 493 g/mol. The van der Waals surface area contributed by atoms with Gasteiger partial charge in [0, 0.05) is 55.7 Å². The van der Waals surface area contributed by atoms with Crippen LogP contribution in [0.2, 0.25) is 0 Å². The molecule has 0 spiro atoms. The molecule has 1 aromatic carbocycles. The second kappa shape index (κ2) is 11.8. The fourth-order valence-corrected chi connectivity index (χ4v) is 4.37. The van der Waals surface area contributed by atoms with Crippen LogP contribution in [-0.2, 0) is 4.79 Å². The van der Waals surface area contributed by atoms with Crippen molar-refractivity contribution in [3.8, 4) is 11.3 Å². The van der Waals surface area contributed by atoms with Crippen LogP contribution in [-0.4, -0.2) is 59.5 Å². The molecule has 1 aliphatic heterocycles. The van der Waals surface area contributed by atoms with Gasteiger partial charge in [0.05, 0.1) is 17.1 Å². The Kier molecular flexibility index (Phi) is 8.27. The number of amides is 2. The van der Waals surface area contributed by atoms with E-state index in [1.165, 1.54) is 6.07 Å². The smallest absolute Gasteiger partial charge is 0.291 e. The number of benzene rings is 1. The van der Waals surface area contributed by atoms with Crippen LogP contribution in [0.25, 0.3) is 11.3 Å². The van der Waals surface area contributed by atoms with Crippen LogP contribution < -0.4 is 20.9 Å². The highest BCUT2D eigenvalue weighted by Crippen LogP contribution is 2.33. The molecule has 36 heavy (non-hydrogen) atoms. The first kappa shape index (κ1) is 25.3. The van der Waals surface area contributed by atoms with Crippen molar-refractivity contribution >= 4 is 23.2 Å². The van der Waals surface area contributed by atoms with Crippen LogP contribution in [0.1, 0.15) is 36.1 Å². The summed E-state index contributed by atoms with van der Waals surface area (Å²) in [5.74, 6) is -0.830. The Morgan fingerprint density at radius 1 is 1.19 bits per heavy atom. The predicted octanol–water partition coefficient (Wildman–Crippen LogP) is 3.11. The van der Waals surface area contributed by atoms with Gasteiger partial charge in [0.1, 0.15) is 5.82 Å². The highest BCUT2D eigenvalue weighted by atomic mass is 19.1. The largest absolute Gasteiger partial charge is 0.367 e. The number of nitrogens with zero attached hydrogens (tertiary/aromatic N) is 3. The Balaban J connectivity index is 1.41. The van der Waals surface area contributed by atoms with Gasteiger partial charge in [0.2, 0.25) is 5.91 Å². The number of likely N-dealkylation sites (N-methyl/N-ethyl adjacent to an activating group) is 1. The number of carbonyl (C=O) groups is 2. The van der Waals surface area contributed by atoms with E-state index in [1.807, 2.05) is 30.9 Å². The van der Waals surface area contributed by atoms with Gasteiger partial charge in [-0.25, -0.2) is 9.37 Å². The number of H-pyrrole nitrogens is 1. The second-order valence-corrected chi connectivity index (χ2v) is 8.82. The molecule has 0 unspecified atom stereocenters. The van der Waals surface area contributed by atoms with Crippen molar-refractivity contribution in [1.29, 1.82) is 0 Å². The SMILES string of the molecule is CCNCCNC(=O)C1CCN(c2c(F)cccc2NC(=O)c2nc(-c3ccnc(C)c3)c[nH]2)CC1. The molecule has 1 fully saturated rings. The standard InChI is InChI=1S/C26H32FN7O2/c1-3-28-11-12-30-25(35)18-8-13-34(14-9-18)23-20(27)5-4-6-21(23)33-26(36)24-31-16-22(32-24)19-7-10-29-17(2)15-19/h4-7,10,15-16,18,28H,3,8-9,11-14H2,1-2H3,(H,30,35)(H,31,32)(H,33,36). The fraction of sp³-hybridized carbons (Fsp3) is 0.385. The minimum atomic E-state index is -0.464. The second-order valence-electron chi connectivity index (χ2n) is 8.82. The molecular weight excluding hydrogens is 461 g/mol. The first-order chi connectivity index (χ1) is 17.5. The Bertz CT molecular complexity index is 1200. The van der Waals surface area contributed by atoms with Crippen LogP contribution in [0.3, 0.4) is 0 Å². The van der Waals surface area contributed by atoms with Crippen LogP contribution in [0.15, 0.2) is 42.7 Å². The fourth-order valence-electron chi connectivity index (χ4n) is 4.37. The molecule has 3 aromatic rings. The molecule has 0 saturated carbocycles. The van der Waals surface area contributed by atoms with E-state index in [0.29, 0.717) is 49.5 Å². The minimum absolute atomic E-state index is 0.0348. The van der Waals surface area contributed by atoms with Crippen molar-refractivity contribution in [3.05, 3.63) is 60.1 Å². The van der Waals surface area contributed by atoms with Gasteiger partial charge in [-0.3, -0.25) is 14.6 Å². The Morgan fingerprint density at radius 3 is 2.75 bits per heavy atom. The number of hydrogen-bond acceptors (Lipinski definition) is 6. The number of rotatable bonds is 9. The molecule has 190 valence electrons. The lowest BCUT2D eigenvalue weighted by Crippen LogP contribution is -2.42. The Morgan fingerprint density at radius 2 is 2.00 bits per heavy atom. The van der Waals surface area contributed by atoms with Crippen LogP contribution in [0, 0.1) is 18.7 Å². The maximum atomic E-state index is 14.9. The molecule has 0 atom stereocenters. The number of pyridine rings is 1. The topological polar surface area (TPSA) is 115 Å². The molecule has 4 rings (SSSR count). The molecule has 1 saturated heterocycles. The van der Waals surface area contributed by atoms with E-state index in [4.69, 9.17) is 0 Å². The summed E-state index contributed by atoms with van der Waals surface area (Å²) in [5, 5.41) is 8.94. The van der Waals surface area contributed by atoms with Gasteiger partial charge in [0.25, 0.3) is 5.91 Å². The molecule has 4 N–H and O–H groups in total. The van der Waals surface area contributed by atoms with E-state index in [2.05, 4.69) is 30.9 Å².